The van der Waals surface area contributed by atoms with Crippen LogP contribution < -0.4 is 9.62 Å². The fraction of sp³-hybridized carbons (Fsp3) is 0.190. The smallest absolute Gasteiger partial charge is 0.265 e. The lowest BCUT2D eigenvalue weighted by atomic mass is 10.0. The molecule has 0 saturated carbocycles. The van der Waals surface area contributed by atoms with E-state index < -0.39 is 10.0 Å². The third-order valence-corrected chi connectivity index (χ3v) is 7.40. The molecular formula is C21H20N2O4S2. The van der Waals surface area contributed by atoms with Crippen LogP contribution in [0.2, 0.25) is 0 Å². The van der Waals surface area contributed by atoms with Gasteiger partial charge in [-0.25, -0.2) is 8.42 Å². The van der Waals surface area contributed by atoms with Crippen molar-refractivity contribution in [1.82, 2.24) is 5.32 Å². The molecule has 1 aliphatic heterocycles. The summed E-state index contributed by atoms with van der Waals surface area (Å²) in [6.45, 7) is 0.201. The number of fused-ring (bicyclic) bond motifs is 3. The molecule has 1 aliphatic rings. The van der Waals surface area contributed by atoms with Gasteiger partial charge in [0, 0.05) is 23.4 Å². The van der Waals surface area contributed by atoms with Gasteiger partial charge in [-0.1, -0.05) is 36.4 Å². The number of hydrogen-bond acceptors (Lipinski definition) is 5. The normalized spacial score (nSPS) is 14.1. The van der Waals surface area contributed by atoms with E-state index in [0.717, 1.165) is 17.1 Å². The van der Waals surface area contributed by atoms with Crippen LogP contribution >= 0.6 is 11.8 Å². The minimum atomic E-state index is -3.80. The molecule has 0 spiro atoms. The van der Waals surface area contributed by atoms with Gasteiger partial charge in [-0.15, -0.1) is 0 Å². The Balaban J connectivity index is 1.43. The summed E-state index contributed by atoms with van der Waals surface area (Å²) in [4.78, 5) is 12.7. The summed E-state index contributed by atoms with van der Waals surface area (Å²) in [6.07, 6.45) is 1.63. The number of carbonyl (C=O) groups excluding carboxylic acids is 1. The van der Waals surface area contributed by atoms with Crippen LogP contribution in [0.3, 0.4) is 0 Å². The Bertz CT molecular complexity index is 1110. The summed E-state index contributed by atoms with van der Waals surface area (Å²) in [5, 5.41) is 2.81. The zero-order valence-corrected chi connectivity index (χ0v) is 17.2. The van der Waals surface area contributed by atoms with Crippen molar-refractivity contribution in [1.29, 1.82) is 0 Å². The Morgan fingerprint density at radius 3 is 2.55 bits per heavy atom. The number of nitrogens with one attached hydrogen (secondary N) is 1. The number of anilines is 1. The average Bonchev–Trinajstić information content (AvgIpc) is 3.24. The van der Waals surface area contributed by atoms with Gasteiger partial charge in [0.25, 0.3) is 10.0 Å². The molecule has 3 aromatic rings. The van der Waals surface area contributed by atoms with E-state index in [2.05, 4.69) is 5.32 Å². The standard InChI is InChI=1S/C21H20N2O4S2/c24-21(22-11-13-28-15-16-6-5-12-27-16)14-23-19-9-3-1-7-17(19)18-8-2-4-10-20(18)29(23,25)26/h1-10,12H,11,13-15H2,(H,22,24). The first-order valence-corrected chi connectivity index (χ1v) is 11.7. The van der Waals surface area contributed by atoms with Gasteiger partial charge >= 0.3 is 0 Å². The second kappa shape index (κ2) is 8.34. The molecule has 0 bridgehead atoms. The number of furan rings is 1. The van der Waals surface area contributed by atoms with Crippen LogP contribution in [0.4, 0.5) is 5.69 Å². The molecule has 1 N–H and O–H groups in total. The van der Waals surface area contributed by atoms with Gasteiger partial charge in [0.15, 0.2) is 0 Å². The van der Waals surface area contributed by atoms with Gasteiger partial charge < -0.3 is 9.73 Å². The Hall–Kier alpha value is -2.71. The first-order valence-electron chi connectivity index (χ1n) is 9.15. The van der Waals surface area contributed by atoms with Gasteiger partial charge in [0.05, 0.1) is 22.6 Å². The highest BCUT2D eigenvalue weighted by Gasteiger charge is 2.35. The Labute approximate surface area is 174 Å². The van der Waals surface area contributed by atoms with Gasteiger partial charge in [0.1, 0.15) is 12.3 Å². The average molecular weight is 429 g/mol. The fourth-order valence-electron chi connectivity index (χ4n) is 3.27. The van der Waals surface area contributed by atoms with Gasteiger partial charge in [0.2, 0.25) is 5.91 Å². The quantitative estimate of drug-likeness (QED) is 0.583. The molecule has 2 heterocycles. The van der Waals surface area contributed by atoms with Crippen molar-refractivity contribution in [3.05, 3.63) is 72.7 Å². The summed E-state index contributed by atoms with van der Waals surface area (Å²) >= 11 is 1.64. The van der Waals surface area contributed by atoms with Crippen molar-refractivity contribution in [3.8, 4) is 11.1 Å². The van der Waals surface area contributed by atoms with E-state index in [1.54, 1.807) is 48.4 Å². The van der Waals surface area contributed by atoms with Crippen LogP contribution in [0.25, 0.3) is 11.1 Å². The summed E-state index contributed by atoms with van der Waals surface area (Å²) in [5.74, 6) is 1.99. The van der Waals surface area contributed by atoms with Crippen molar-refractivity contribution in [2.45, 2.75) is 10.6 Å². The number of rotatable bonds is 7. The number of nitrogens with zero attached hydrogens (tertiary/aromatic N) is 1. The largest absolute Gasteiger partial charge is 0.468 e. The summed E-state index contributed by atoms with van der Waals surface area (Å²) in [7, 11) is -3.80. The van der Waals surface area contributed by atoms with Crippen molar-refractivity contribution in [3.63, 3.8) is 0 Å². The lowest BCUT2D eigenvalue weighted by molar-refractivity contribution is -0.119. The Morgan fingerprint density at radius 1 is 1.00 bits per heavy atom. The monoisotopic (exact) mass is 428 g/mol. The van der Waals surface area contributed by atoms with Crippen molar-refractivity contribution in [2.24, 2.45) is 0 Å². The predicted molar refractivity (Wildman–Crippen MR) is 114 cm³/mol. The highest BCUT2D eigenvalue weighted by molar-refractivity contribution is 7.98. The summed E-state index contributed by atoms with van der Waals surface area (Å²) in [5.41, 5.74) is 1.99. The second-order valence-electron chi connectivity index (χ2n) is 6.51. The van der Waals surface area contributed by atoms with E-state index in [1.165, 1.54) is 4.31 Å². The van der Waals surface area contributed by atoms with Crippen LogP contribution in [0, 0.1) is 0 Å². The van der Waals surface area contributed by atoms with Crippen LogP contribution in [0.15, 0.2) is 76.2 Å². The van der Waals surface area contributed by atoms with Gasteiger partial charge in [-0.2, -0.15) is 11.8 Å². The van der Waals surface area contributed by atoms with Gasteiger partial charge in [-0.05, 0) is 24.3 Å². The molecule has 4 rings (SSSR count). The maximum absolute atomic E-state index is 13.1. The lowest BCUT2D eigenvalue weighted by Crippen LogP contribution is -2.43. The number of thioether (sulfide) groups is 1. The number of hydrogen-bond donors (Lipinski definition) is 1. The summed E-state index contributed by atoms with van der Waals surface area (Å²) in [6, 6.07) is 17.9. The minimum Gasteiger partial charge on any atom is -0.468 e. The summed E-state index contributed by atoms with van der Waals surface area (Å²) < 4.78 is 32.7. The fourth-order valence-corrected chi connectivity index (χ4v) is 5.67. The van der Waals surface area contributed by atoms with Crippen molar-refractivity contribution < 1.29 is 17.6 Å². The number of carbonyl (C=O) groups is 1. The Morgan fingerprint density at radius 2 is 1.76 bits per heavy atom. The zero-order valence-electron chi connectivity index (χ0n) is 15.6. The van der Waals surface area contributed by atoms with E-state index in [4.69, 9.17) is 4.42 Å². The molecule has 6 nitrogen and oxygen atoms in total. The molecule has 29 heavy (non-hydrogen) atoms. The zero-order chi connectivity index (χ0) is 20.3. The minimum absolute atomic E-state index is 0.223. The van der Waals surface area contributed by atoms with E-state index in [0.29, 0.717) is 23.5 Å². The van der Waals surface area contributed by atoms with Crippen LogP contribution in [-0.2, 0) is 20.6 Å². The number of benzene rings is 2. The van der Waals surface area contributed by atoms with E-state index in [-0.39, 0.29) is 17.3 Å². The highest BCUT2D eigenvalue weighted by Crippen LogP contribution is 2.42. The molecule has 0 fully saturated rings. The topological polar surface area (TPSA) is 79.6 Å². The molecule has 0 atom stereocenters. The molecule has 150 valence electrons. The molecule has 1 amide bonds. The third-order valence-electron chi connectivity index (χ3n) is 4.60. The van der Waals surface area contributed by atoms with Crippen molar-refractivity contribution in [2.75, 3.05) is 23.1 Å². The Kier molecular flexibility index (Phi) is 5.64. The van der Waals surface area contributed by atoms with Crippen LogP contribution in [0.1, 0.15) is 5.76 Å². The number of para-hydroxylation sites is 1. The lowest BCUT2D eigenvalue weighted by Gasteiger charge is -2.31. The second-order valence-corrected chi connectivity index (χ2v) is 9.44. The molecule has 0 saturated heterocycles. The molecule has 8 heteroatoms. The SMILES string of the molecule is O=C(CN1c2ccccc2-c2ccccc2S1(=O)=O)NCCSCc1ccco1. The molecular weight excluding hydrogens is 408 g/mol. The van der Waals surface area contributed by atoms with Gasteiger partial charge in [-0.3, -0.25) is 9.10 Å². The van der Waals surface area contributed by atoms with E-state index in [1.807, 2.05) is 30.3 Å². The third kappa shape index (κ3) is 4.04. The molecule has 0 aliphatic carbocycles. The van der Waals surface area contributed by atoms with E-state index >= 15 is 0 Å². The van der Waals surface area contributed by atoms with Crippen molar-refractivity contribution >= 4 is 33.4 Å². The van der Waals surface area contributed by atoms with Crippen LogP contribution in [0.5, 0.6) is 0 Å². The molecule has 0 radical (unpaired) electrons. The maximum atomic E-state index is 13.1. The first kappa shape index (κ1) is 19.6. The van der Waals surface area contributed by atoms with Crippen LogP contribution in [-0.4, -0.2) is 33.2 Å². The maximum Gasteiger partial charge on any atom is 0.265 e. The number of amides is 1. The highest BCUT2D eigenvalue weighted by atomic mass is 32.2. The number of sulfonamides is 1. The first-order chi connectivity index (χ1) is 14.1. The predicted octanol–water partition coefficient (Wildman–Crippen LogP) is 3.50. The molecule has 0 unspecified atom stereocenters. The molecule has 2 aromatic carbocycles. The molecule has 1 aromatic heterocycles. The van der Waals surface area contributed by atoms with E-state index in [9.17, 15) is 13.2 Å².